The van der Waals surface area contributed by atoms with Crippen LogP contribution in [0.15, 0.2) is 24.3 Å². The summed E-state index contributed by atoms with van der Waals surface area (Å²) < 4.78 is 38.9. The number of rotatable bonds is 3. The molecular formula is C16H17F3OS. The number of alkyl halides is 3. The highest BCUT2D eigenvalue weighted by atomic mass is 32.2. The standard InChI is InChI=1S/C16H17F3OS/c17-16(18,19)14-4-2-1-3-10(14)9-15(20)11-7-12-5-6-13(8-11)21-12/h1-4,11-13H,5-9H2. The van der Waals surface area contributed by atoms with Crippen molar-refractivity contribution >= 4 is 17.5 Å². The number of hydrogen-bond donors (Lipinski definition) is 0. The highest BCUT2D eigenvalue weighted by Gasteiger charge is 2.38. The molecule has 2 fully saturated rings. The molecule has 2 bridgehead atoms. The van der Waals surface area contributed by atoms with Crippen molar-refractivity contribution in [3.63, 3.8) is 0 Å². The van der Waals surface area contributed by atoms with Gasteiger partial charge in [0.15, 0.2) is 0 Å². The Kier molecular flexibility index (Phi) is 4.04. The van der Waals surface area contributed by atoms with E-state index < -0.39 is 11.7 Å². The van der Waals surface area contributed by atoms with Crippen molar-refractivity contribution in [1.82, 2.24) is 0 Å². The van der Waals surface area contributed by atoms with Crippen LogP contribution >= 0.6 is 11.8 Å². The Morgan fingerprint density at radius 3 is 2.38 bits per heavy atom. The minimum Gasteiger partial charge on any atom is -0.299 e. The van der Waals surface area contributed by atoms with Gasteiger partial charge in [-0.25, -0.2) is 0 Å². The zero-order chi connectivity index (χ0) is 15.0. The van der Waals surface area contributed by atoms with Gasteiger partial charge in [0.2, 0.25) is 0 Å². The molecule has 3 rings (SSSR count). The Morgan fingerprint density at radius 2 is 1.76 bits per heavy atom. The van der Waals surface area contributed by atoms with Gasteiger partial charge < -0.3 is 0 Å². The topological polar surface area (TPSA) is 17.1 Å². The van der Waals surface area contributed by atoms with Gasteiger partial charge in [-0.3, -0.25) is 4.79 Å². The minimum absolute atomic E-state index is 0.0242. The van der Waals surface area contributed by atoms with E-state index in [9.17, 15) is 18.0 Å². The van der Waals surface area contributed by atoms with Crippen molar-refractivity contribution < 1.29 is 18.0 Å². The first-order chi connectivity index (χ1) is 9.93. The molecule has 0 aliphatic carbocycles. The average Bonchev–Trinajstić information content (AvgIpc) is 2.76. The largest absolute Gasteiger partial charge is 0.416 e. The van der Waals surface area contributed by atoms with E-state index in [0.717, 1.165) is 31.7 Å². The quantitative estimate of drug-likeness (QED) is 0.817. The smallest absolute Gasteiger partial charge is 0.299 e. The number of hydrogen-bond acceptors (Lipinski definition) is 2. The average molecular weight is 314 g/mol. The van der Waals surface area contributed by atoms with Gasteiger partial charge in [-0.05, 0) is 37.3 Å². The number of carbonyl (C=O) groups excluding carboxylic acids is 1. The number of benzene rings is 1. The Morgan fingerprint density at radius 1 is 1.14 bits per heavy atom. The fourth-order valence-corrected chi connectivity index (χ4v) is 5.18. The Balaban J connectivity index is 1.73. The first-order valence-corrected chi connectivity index (χ1v) is 8.21. The lowest BCUT2D eigenvalue weighted by Gasteiger charge is -2.26. The van der Waals surface area contributed by atoms with Crippen LogP contribution in [-0.2, 0) is 17.4 Å². The number of halogens is 3. The number of fused-ring (bicyclic) bond motifs is 2. The van der Waals surface area contributed by atoms with Gasteiger partial charge in [-0.1, -0.05) is 18.2 Å². The van der Waals surface area contributed by atoms with Crippen LogP contribution in [0.2, 0.25) is 0 Å². The van der Waals surface area contributed by atoms with Crippen LogP contribution in [0.3, 0.4) is 0 Å². The molecule has 2 aliphatic heterocycles. The SMILES string of the molecule is O=C(Cc1ccccc1C(F)(F)F)C1CC2CCC(C1)S2. The van der Waals surface area contributed by atoms with E-state index in [1.165, 1.54) is 12.1 Å². The van der Waals surface area contributed by atoms with Gasteiger partial charge in [0, 0.05) is 22.8 Å². The van der Waals surface area contributed by atoms with Crippen molar-refractivity contribution in [3.05, 3.63) is 35.4 Å². The zero-order valence-electron chi connectivity index (χ0n) is 11.5. The summed E-state index contributed by atoms with van der Waals surface area (Å²) in [5.41, 5.74) is -0.563. The Bertz CT molecular complexity index is 529. The molecule has 2 unspecified atom stereocenters. The molecule has 0 amide bonds. The first-order valence-electron chi connectivity index (χ1n) is 7.27. The van der Waals surface area contributed by atoms with Crippen molar-refractivity contribution in [3.8, 4) is 0 Å². The maximum absolute atomic E-state index is 13.0. The molecule has 0 aromatic heterocycles. The monoisotopic (exact) mass is 314 g/mol. The van der Waals surface area contributed by atoms with Gasteiger partial charge in [0.1, 0.15) is 5.78 Å². The zero-order valence-corrected chi connectivity index (χ0v) is 12.3. The van der Waals surface area contributed by atoms with Crippen LogP contribution in [0.25, 0.3) is 0 Å². The molecule has 2 atom stereocenters. The van der Waals surface area contributed by atoms with Gasteiger partial charge in [-0.15, -0.1) is 0 Å². The van der Waals surface area contributed by atoms with Gasteiger partial charge in [0.25, 0.3) is 0 Å². The van der Waals surface area contributed by atoms with E-state index in [1.807, 2.05) is 11.8 Å². The van der Waals surface area contributed by atoms with E-state index >= 15 is 0 Å². The lowest BCUT2D eigenvalue weighted by atomic mass is 9.89. The summed E-state index contributed by atoms with van der Waals surface area (Å²) in [6, 6.07) is 5.42. The van der Waals surface area contributed by atoms with Gasteiger partial charge >= 0.3 is 6.18 Å². The number of thioether (sulfide) groups is 1. The summed E-state index contributed by atoms with van der Waals surface area (Å²) in [6.45, 7) is 0. The summed E-state index contributed by atoms with van der Waals surface area (Å²) >= 11 is 1.95. The third-order valence-corrected chi connectivity index (χ3v) is 6.06. The molecule has 1 nitrogen and oxygen atoms in total. The summed E-state index contributed by atoms with van der Waals surface area (Å²) in [4.78, 5) is 12.4. The second kappa shape index (κ2) is 5.67. The summed E-state index contributed by atoms with van der Waals surface area (Å²) in [7, 11) is 0. The molecule has 1 aromatic carbocycles. The highest BCUT2D eigenvalue weighted by Crippen LogP contribution is 2.46. The fraction of sp³-hybridized carbons (Fsp3) is 0.562. The first kappa shape index (κ1) is 14.9. The second-order valence-corrected chi connectivity index (χ2v) is 7.53. The molecule has 5 heteroatoms. The van der Waals surface area contributed by atoms with Crippen LogP contribution in [0, 0.1) is 5.92 Å². The normalized spacial score (nSPS) is 28.6. The van der Waals surface area contributed by atoms with Crippen LogP contribution < -0.4 is 0 Å². The predicted molar refractivity (Wildman–Crippen MR) is 77.3 cm³/mol. The van der Waals surface area contributed by atoms with Crippen LogP contribution in [-0.4, -0.2) is 16.3 Å². The molecule has 1 aromatic rings. The van der Waals surface area contributed by atoms with Crippen LogP contribution in [0.4, 0.5) is 13.2 Å². The number of carbonyl (C=O) groups is 1. The van der Waals surface area contributed by atoms with Crippen molar-refractivity contribution in [2.24, 2.45) is 5.92 Å². The van der Waals surface area contributed by atoms with E-state index in [0.29, 0.717) is 10.5 Å². The lowest BCUT2D eigenvalue weighted by molar-refractivity contribution is -0.138. The summed E-state index contributed by atoms with van der Waals surface area (Å²) in [5, 5.41) is 1.08. The Hall–Kier alpha value is -0.970. The number of ketones is 1. The van der Waals surface area contributed by atoms with Crippen LogP contribution in [0.1, 0.15) is 36.8 Å². The molecule has 0 spiro atoms. The lowest BCUT2D eigenvalue weighted by Crippen LogP contribution is -2.26. The van der Waals surface area contributed by atoms with E-state index in [2.05, 4.69) is 0 Å². The molecule has 2 heterocycles. The van der Waals surface area contributed by atoms with Crippen LogP contribution in [0.5, 0.6) is 0 Å². The maximum Gasteiger partial charge on any atom is 0.416 e. The van der Waals surface area contributed by atoms with E-state index in [-0.39, 0.29) is 23.7 Å². The predicted octanol–water partition coefficient (Wildman–Crippen LogP) is 4.49. The molecule has 0 saturated carbocycles. The van der Waals surface area contributed by atoms with Crippen molar-refractivity contribution in [2.45, 2.75) is 48.8 Å². The van der Waals surface area contributed by atoms with Gasteiger partial charge in [0.05, 0.1) is 5.56 Å². The Labute approximate surface area is 126 Å². The van der Waals surface area contributed by atoms with Gasteiger partial charge in [-0.2, -0.15) is 24.9 Å². The maximum atomic E-state index is 13.0. The minimum atomic E-state index is -4.39. The summed E-state index contributed by atoms with van der Waals surface area (Å²) in [6.07, 6.45) is -0.498. The fourth-order valence-electron chi connectivity index (χ4n) is 3.40. The van der Waals surface area contributed by atoms with Crippen molar-refractivity contribution in [2.75, 3.05) is 0 Å². The van der Waals surface area contributed by atoms with E-state index in [4.69, 9.17) is 0 Å². The molecule has 114 valence electrons. The van der Waals surface area contributed by atoms with E-state index in [1.54, 1.807) is 6.07 Å². The third kappa shape index (κ3) is 3.28. The molecular weight excluding hydrogens is 297 g/mol. The molecule has 2 aliphatic rings. The highest BCUT2D eigenvalue weighted by molar-refractivity contribution is 8.00. The second-order valence-electron chi connectivity index (χ2n) is 5.92. The molecule has 0 radical (unpaired) electrons. The van der Waals surface area contributed by atoms with Crippen molar-refractivity contribution in [1.29, 1.82) is 0 Å². The summed E-state index contributed by atoms with van der Waals surface area (Å²) in [5.74, 6) is -0.0751. The molecule has 2 saturated heterocycles. The third-order valence-electron chi connectivity index (χ3n) is 4.43. The number of Topliss-reactive ketones (excluding diaryl/α,β-unsaturated/α-hetero) is 1. The molecule has 21 heavy (non-hydrogen) atoms. The molecule has 0 N–H and O–H groups in total.